The zero-order valence-electron chi connectivity index (χ0n) is 12.5. The van der Waals surface area contributed by atoms with Gasteiger partial charge in [0.2, 0.25) is 0 Å². The quantitative estimate of drug-likeness (QED) is 0.695. The van der Waals surface area contributed by atoms with Gasteiger partial charge in [0, 0.05) is 12.4 Å². The molecule has 0 saturated carbocycles. The lowest BCUT2D eigenvalue weighted by Crippen LogP contribution is -1.81. The number of nitrogens with zero attached hydrogens (tertiary/aromatic N) is 2. The summed E-state index contributed by atoms with van der Waals surface area (Å²) in [6, 6.07) is 12.5. The first-order chi connectivity index (χ1) is 9.56. The van der Waals surface area contributed by atoms with Crippen LogP contribution < -0.4 is 0 Å². The Bertz CT molecular complexity index is 608. The van der Waals surface area contributed by atoms with Crippen LogP contribution in [0.25, 0.3) is 0 Å². The fraction of sp³-hybridized carbons (Fsp3) is 0.222. The van der Waals surface area contributed by atoms with Crippen molar-refractivity contribution in [1.29, 1.82) is 0 Å². The average molecular weight is 264 g/mol. The van der Waals surface area contributed by atoms with Crippen LogP contribution in [0.3, 0.4) is 0 Å². The van der Waals surface area contributed by atoms with Crippen LogP contribution in [-0.2, 0) is 0 Å². The molecular formula is C18H20N2. The van der Waals surface area contributed by atoms with E-state index in [0.717, 1.165) is 11.4 Å². The zero-order chi connectivity index (χ0) is 14.5. The summed E-state index contributed by atoms with van der Waals surface area (Å²) in [5.41, 5.74) is 6.85. The summed E-state index contributed by atoms with van der Waals surface area (Å²) in [7, 11) is 0. The monoisotopic (exact) mass is 264 g/mol. The largest absolute Gasteiger partial charge is 0.255 e. The SMILES string of the molecule is Cc1ccc(N=CC=Nc2ccc(C)cc2C)c(C)c1. The lowest BCUT2D eigenvalue weighted by atomic mass is 10.1. The third kappa shape index (κ3) is 3.64. The molecule has 2 heteroatoms. The van der Waals surface area contributed by atoms with Gasteiger partial charge in [0.25, 0.3) is 0 Å². The molecule has 0 heterocycles. The number of hydrogen-bond acceptors (Lipinski definition) is 2. The summed E-state index contributed by atoms with van der Waals surface area (Å²) in [6.07, 6.45) is 3.49. The second-order valence-electron chi connectivity index (χ2n) is 5.14. The van der Waals surface area contributed by atoms with Crippen molar-refractivity contribution in [1.82, 2.24) is 0 Å². The Kier molecular flexibility index (Phi) is 4.46. The highest BCUT2D eigenvalue weighted by Crippen LogP contribution is 2.20. The Balaban J connectivity index is 2.11. The van der Waals surface area contributed by atoms with Crippen molar-refractivity contribution >= 4 is 23.8 Å². The predicted octanol–water partition coefficient (Wildman–Crippen LogP) is 5.03. The molecule has 0 spiro atoms. The van der Waals surface area contributed by atoms with Crippen LogP contribution in [0.4, 0.5) is 11.4 Å². The fourth-order valence-electron chi connectivity index (χ4n) is 2.13. The van der Waals surface area contributed by atoms with Crippen molar-refractivity contribution in [2.75, 3.05) is 0 Å². The molecule has 0 aliphatic heterocycles. The average Bonchev–Trinajstić information content (AvgIpc) is 2.39. The van der Waals surface area contributed by atoms with E-state index in [4.69, 9.17) is 0 Å². The van der Waals surface area contributed by atoms with E-state index in [9.17, 15) is 0 Å². The van der Waals surface area contributed by atoms with Gasteiger partial charge in [-0.15, -0.1) is 0 Å². The van der Waals surface area contributed by atoms with Gasteiger partial charge < -0.3 is 0 Å². The van der Waals surface area contributed by atoms with Crippen molar-refractivity contribution in [3.63, 3.8) is 0 Å². The molecule has 2 aromatic carbocycles. The topological polar surface area (TPSA) is 24.7 Å². The fourth-order valence-corrected chi connectivity index (χ4v) is 2.13. The Labute approximate surface area is 120 Å². The highest BCUT2D eigenvalue weighted by molar-refractivity contribution is 6.17. The molecule has 0 radical (unpaired) electrons. The van der Waals surface area contributed by atoms with Crippen LogP contribution in [-0.4, -0.2) is 12.4 Å². The maximum Gasteiger partial charge on any atom is 0.0659 e. The molecular weight excluding hydrogens is 244 g/mol. The Morgan fingerprint density at radius 3 is 1.40 bits per heavy atom. The van der Waals surface area contributed by atoms with Gasteiger partial charge in [0.05, 0.1) is 11.4 Å². The maximum absolute atomic E-state index is 4.43. The van der Waals surface area contributed by atoms with Crippen LogP contribution in [0, 0.1) is 27.7 Å². The van der Waals surface area contributed by atoms with E-state index < -0.39 is 0 Å². The minimum atomic E-state index is 0.989. The van der Waals surface area contributed by atoms with Gasteiger partial charge in [-0.05, 0) is 51.0 Å². The molecule has 0 bridgehead atoms. The number of hydrogen-bond donors (Lipinski definition) is 0. The van der Waals surface area contributed by atoms with Gasteiger partial charge in [-0.25, -0.2) is 0 Å². The second-order valence-corrected chi connectivity index (χ2v) is 5.14. The molecule has 2 nitrogen and oxygen atoms in total. The minimum Gasteiger partial charge on any atom is -0.255 e. The number of aliphatic imine (C=N–C) groups is 2. The summed E-state index contributed by atoms with van der Waals surface area (Å²) in [5, 5.41) is 0. The number of aryl methyl sites for hydroxylation is 4. The van der Waals surface area contributed by atoms with Gasteiger partial charge in [-0.2, -0.15) is 0 Å². The molecule has 0 aliphatic carbocycles. The molecule has 0 unspecified atom stereocenters. The van der Waals surface area contributed by atoms with Crippen LogP contribution in [0.1, 0.15) is 22.3 Å². The smallest absolute Gasteiger partial charge is 0.0659 e. The third-order valence-corrected chi connectivity index (χ3v) is 3.20. The molecule has 0 aliphatic rings. The van der Waals surface area contributed by atoms with E-state index in [1.54, 1.807) is 12.4 Å². The van der Waals surface area contributed by atoms with E-state index in [0.29, 0.717) is 0 Å². The van der Waals surface area contributed by atoms with Crippen LogP contribution in [0.2, 0.25) is 0 Å². The van der Waals surface area contributed by atoms with Crippen molar-refractivity contribution in [3.05, 3.63) is 58.7 Å². The highest BCUT2D eigenvalue weighted by atomic mass is 14.8. The minimum absolute atomic E-state index is 0.989. The summed E-state index contributed by atoms with van der Waals surface area (Å²) in [5.74, 6) is 0. The van der Waals surface area contributed by atoms with Crippen molar-refractivity contribution in [2.24, 2.45) is 9.98 Å². The van der Waals surface area contributed by atoms with E-state index in [-0.39, 0.29) is 0 Å². The molecule has 102 valence electrons. The number of rotatable bonds is 3. The molecule has 20 heavy (non-hydrogen) atoms. The first kappa shape index (κ1) is 14.2. The lowest BCUT2D eigenvalue weighted by molar-refractivity contribution is 1.35. The molecule has 2 aromatic rings. The zero-order valence-corrected chi connectivity index (χ0v) is 12.5. The van der Waals surface area contributed by atoms with Gasteiger partial charge in [-0.3, -0.25) is 9.98 Å². The molecule has 0 amide bonds. The van der Waals surface area contributed by atoms with Gasteiger partial charge in [-0.1, -0.05) is 35.4 Å². The normalized spacial score (nSPS) is 11.6. The summed E-state index contributed by atoms with van der Waals surface area (Å²) in [4.78, 5) is 8.87. The molecule has 0 N–H and O–H groups in total. The van der Waals surface area contributed by atoms with Crippen LogP contribution in [0.15, 0.2) is 46.4 Å². The number of benzene rings is 2. The van der Waals surface area contributed by atoms with Gasteiger partial charge in [0.15, 0.2) is 0 Å². The van der Waals surface area contributed by atoms with Gasteiger partial charge >= 0.3 is 0 Å². The van der Waals surface area contributed by atoms with E-state index in [2.05, 4.69) is 61.9 Å². The Morgan fingerprint density at radius 1 is 0.650 bits per heavy atom. The first-order valence-electron chi connectivity index (χ1n) is 6.77. The standard InChI is InChI=1S/C18H20N2/c1-13-5-7-17(15(3)11-13)19-9-10-20-18-8-6-14(2)12-16(18)4/h5-12H,1-4H3. The predicted molar refractivity (Wildman–Crippen MR) is 88.1 cm³/mol. The Hall–Kier alpha value is -2.22. The second kappa shape index (κ2) is 6.29. The van der Waals surface area contributed by atoms with E-state index in [1.807, 2.05) is 12.1 Å². The van der Waals surface area contributed by atoms with Gasteiger partial charge in [0.1, 0.15) is 0 Å². The first-order valence-corrected chi connectivity index (χ1v) is 6.77. The highest BCUT2D eigenvalue weighted by Gasteiger charge is 1.95. The maximum atomic E-state index is 4.43. The van der Waals surface area contributed by atoms with Crippen LogP contribution >= 0.6 is 0 Å². The molecule has 0 fully saturated rings. The Morgan fingerprint density at radius 2 is 1.05 bits per heavy atom. The summed E-state index contributed by atoms with van der Waals surface area (Å²) in [6.45, 7) is 8.31. The van der Waals surface area contributed by atoms with Crippen molar-refractivity contribution < 1.29 is 0 Å². The lowest BCUT2D eigenvalue weighted by Gasteiger charge is -2.01. The molecule has 0 atom stereocenters. The van der Waals surface area contributed by atoms with Crippen LogP contribution in [0.5, 0.6) is 0 Å². The molecule has 0 aromatic heterocycles. The molecule has 2 rings (SSSR count). The summed E-state index contributed by atoms with van der Waals surface area (Å²) < 4.78 is 0. The van der Waals surface area contributed by atoms with Crippen molar-refractivity contribution in [3.8, 4) is 0 Å². The van der Waals surface area contributed by atoms with E-state index >= 15 is 0 Å². The third-order valence-electron chi connectivity index (χ3n) is 3.20. The summed E-state index contributed by atoms with van der Waals surface area (Å²) >= 11 is 0. The van der Waals surface area contributed by atoms with E-state index in [1.165, 1.54) is 22.3 Å². The molecule has 0 saturated heterocycles. The van der Waals surface area contributed by atoms with Crippen molar-refractivity contribution in [2.45, 2.75) is 27.7 Å².